The van der Waals surface area contributed by atoms with Crippen molar-refractivity contribution in [2.45, 2.75) is 31.7 Å². The highest BCUT2D eigenvalue weighted by Crippen LogP contribution is 2.22. The number of imide groups is 1. The van der Waals surface area contributed by atoms with Gasteiger partial charge < -0.3 is 4.74 Å². The Morgan fingerprint density at radius 3 is 1.92 bits per heavy atom. The summed E-state index contributed by atoms with van der Waals surface area (Å²) in [6.45, 7) is 0.351. The predicted molar refractivity (Wildman–Crippen MR) is 142 cm³/mol. The number of fused-ring (bicyclic) bond motifs is 1. The molecule has 6 nitrogen and oxygen atoms in total. The van der Waals surface area contributed by atoms with Gasteiger partial charge in [0.15, 0.2) is 0 Å². The fourth-order valence-electron chi connectivity index (χ4n) is 4.15. The minimum absolute atomic E-state index is 0.0434. The summed E-state index contributed by atoms with van der Waals surface area (Å²) >= 11 is 0. The first-order chi connectivity index (χ1) is 18.1. The van der Waals surface area contributed by atoms with Crippen molar-refractivity contribution in [2.24, 2.45) is 4.99 Å². The van der Waals surface area contributed by atoms with Gasteiger partial charge in [-0.2, -0.15) is 0 Å². The van der Waals surface area contributed by atoms with Crippen molar-refractivity contribution >= 4 is 23.5 Å². The summed E-state index contributed by atoms with van der Waals surface area (Å²) in [4.78, 5) is 43.3. The van der Waals surface area contributed by atoms with E-state index in [0.717, 1.165) is 16.8 Å². The van der Waals surface area contributed by atoms with E-state index in [1.807, 2.05) is 60.7 Å². The molecule has 1 unspecified atom stereocenters. The van der Waals surface area contributed by atoms with Crippen LogP contribution in [-0.4, -0.2) is 48.1 Å². The minimum atomic E-state index is -0.570. The van der Waals surface area contributed by atoms with Gasteiger partial charge in [-0.3, -0.25) is 24.3 Å². The number of methoxy groups -OCH3 is 1. The molecule has 6 heteroatoms. The molecular weight excluding hydrogens is 464 g/mol. The van der Waals surface area contributed by atoms with E-state index in [0.29, 0.717) is 36.9 Å². The molecule has 0 aliphatic carbocycles. The molecule has 1 aliphatic heterocycles. The van der Waals surface area contributed by atoms with Gasteiger partial charge >= 0.3 is 5.97 Å². The fourth-order valence-corrected chi connectivity index (χ4v) is 4.15. The molecule has 2 amide bonds. The lowest BCUT2D eigenvalue weighted by Gasteiger charge is -2.13. The first-order valence-corrected chi connectivity index (χ1v) is 12.3. The van der Waals surface area contributed by atoms with E-state index in [2.05, 4.69) is 11.8 Å². The molecule has 0 aromatic heterocycles. The van der Waals surface area contributed by atoms with E-state index in [-0.39, 0.29) is 24.2 Å². The van der Waals surface area contributed by atoms with Crippen LogP contribution in [0.3, 0.4) is 0 Å². The summed E-state index contributed by atoms with van der Waals surface area (Å²) in [7, 11) is 1.35. The molecule has 0 saturated heterocycles. The zero-order valence-corrected chi connectivity index (χ0v) is 20.7. The van der Waals surface area contributed by atoms with E-state index in [4.69, 9.17) is 9.73 Å². The zero-order chi connectivity index (χ0) is 26.0. The number of rotatable bonds is 9. The summed E-state index contributed by atoms with van der Waals surface area (Å²) in [6, 6.07) is 25.9. The molecule has 0 bridgehead atoms. The van der Waals surface area contributed by atoms with Gasteiger partial charge in [0.25, 0.3) is 11.8 Å². The van der Waals surface area contributed by atoms with Gasteiger partial charge in [0.05, 0.1) is 30.4 Å². The third-order valence-corrected chi connectivity index (χ3v) is 6.05. The van der Waals surface area contributed by atoms with E-state index in [1.54, 1.807) is 24.3 Å². The molecule has 1 aliphatic rings. The van der Waals surface area contributed by atoms with Crippen LogP contribution in [0.1, 0.15) is 57.5 Å². The monoisotopic (exact) mass is 492 g/mol. The summed E-state index contributed by atoms with van der Waals surface area (Å²) in [5, 5.41) is 0. The average Bonchev–Trinajstić information content (AvgIpc) is 3.19. The zero-order valence-electron chi connectivity index (χ0n) is 20.7. The van der Waals surface area contributed by atoms with E-state index in [9.17, 15) is 14.4 Å². The lowest BCUT2D eigenvalue weighted by molar-refractivity contribution is -0.140. The van der Waals surface area contributed by atoms with Crippen LogP contribution in [0, 0.1) is 11.8 Å². The second-order valence-electron chi connectivity index (χ2n) is 8.59. The molecule has 0 N–H and O–H groups in total. The van der Waals surface area contributed by atoms with Crippen molar-refractivity contribution < 1.29 is 19.1 Å². The predicted octanol–water partition coefficient (Wildman–Crippen LogP) is 4.93. The standard InChI is InChI=1S/C31H28N2O4/c1-37-28(34)22-25(32-29(23-14-6-4-7-15-23)24-16-8-5-9-17-24)18-10-2-3-13-21-33-30(35)26-19-11-12-20-27(26)31(33)36/h4-9,11-12,14-17,19-20,25H,2-3,13,21-22H2,1H3. The Bertz CT molecular complexity index is 1280. The summed E-state index contributed by atoms with van der Waals surface area (Å²) < 4.78 is 4.88. The van der Waals surface area contributed by atoms with Gasteiger partial charge in [-0.25, -0.2) is 0 Å². The maximum Gasteiger partial charge on any atom is 0.308 e. The van der Waals surface area contributed by atoms with Crippen LogP contribution < -0.4 is 0 Å². The summed E-state index contributed by atoms with van der Waals surface area (Å²) in [6.07, 6.45) is 1.95. The van der Waals surface area contributed by atoms with Crippen LogP contribution in [0.15, 0.2) is 89.9 Å². The van der Waals surface area contributed by atoms with Crippen LogP contribution in [0.25, 0.3) is 0 Å². The number of ether oxygens (including phenoxy) is 1. The highest BCUT2D eigenvalue weighted by molar-refractivity contribution is 6.21. The second kappa shape index (κ2) is 12.5. The maximum atomic E-state index is 12.5. The van der Waals surface area contributed by atoms with Gasteiger partial charge in [-0.1, -0.05) is 78.7 Å². The number of carbonyl (C=O) groups is 3. The lowest BCUT2D eigenvalue weighted by Crippen LogP contribution is -2.30. The minimum Gasteiger partial charge on any atom is -0.469 e. The van der Waals surface area contributed by atoms with E-state index >= 15 is 0 Å². The van der Waals surface area contributed by atoms with Crippen LogP contribution in [0.2, 0.25) is 0 Å². The largest absolute Gasteiger partial charge is 0.469 e. The molecule has 4 rings (SSSR count). The molecule has 1 atom stereocenters. The van der Waals surface area contributed by atoms with E-state index < -0.39 is 6.04 Å². The number of aliphatic imine (C=N–C) groups is 1. The number of esters is 1. The Hall–Kier alpha value is -4.50. The van der Waals surface area contributed by atoms with Gasteiger partial charge in [0.1, 0.15) is 6.04 Å². The molecule has 186 valence electrons. The number of hydrogen-bond acceptors (Lipinski definition) is 5. The molecule has 0 spiro atoms. The van der Waals surface area contributed by atoms with Crippen molar-refractivity contribution in [2.75, 3.05) is 13.7 Å². The van der Waals surface area contributed by atoms with Crippen LogP contribution in [0.5, 0.6) is 0 Å². The highest BCUT2D eigenvalue weighted by Gasteiger charge is 2.34. The molecule has 0 fully saturated rings. The second-order valence-corrected chi connectivity index (χ2v) is 8.59. The van der Waals surface area contributed by atoms with Crippen LogP contribution in [-0.2, 0) is 9.53 Å². The number of unbranched alkanes of at least 4 members (excludes halogenated alkanes) is 2. The van der Waals surface area contributed by atoms with Gasteiger partial charge in [-0.15, -0.1) is 5.92 Å². The van der Waals surface area contributed by atoms with Gasteiger partial charge in [0, 0.05) is 24.1 Å². The molecule has 0 radical (unpaired) electrons. The molecular formula is C31H28N2O4. The van der Waals surface area contributed by atoms with Crippen molar-refractivity contribution in [1.29, 1.82) is 0 Å². The Morgan fingerprint density at radius 2 is 1.38 bits per heavy atom. The fraction of sp³-hybridized carbons (Fsp3) is 0.226. The number of carbonyl (C=O) groups excluding carboxylic acids is 3. The third kappa shape index (κ3) is 6.39. The maximum absolute atomic E-state index is 12.5. The molecule has 3 aromatic carbocycles. The Kier molecular flexibility index (Phi) is 8.62. The first-order valence-electron chi connectivity index (χ1n) is 12.3. The van der Waals surface area contributed by atoms with Gasteiger partial charge in [0.2, 0.25) is 0 Å². The Balaban J connectivity index is 1.43. The SMILES string of the molecule is COC(=O)CC(C#CCCCCN1C(=O)c2ccccc2C1=O)N=C(c1ccccc1)c1ccccc1. The van der Waals surface area contributed by atoms with Gasteiger partial charge in [-0.05, 0) is 25.0 Å². The molecule has 37 heavy (non-hydrogen) atoms. The number of nitrogens with zero attached hydrogens (tertiary/aromatic N) is 2. The van der Waals surface area contributed by atoms with E-state index in [1.165, 1.54) is 12.0 Å². The lowest BCUT2D eigenvalue weighted by atomic mass is 10.0. The Labute approximate surface area is 217 Å². The Morgan fingerprint density at radius 1 is 0.838 bits per heavy atom. The van der Waals surface area contributed by atoms with Crippen molar-refractivity contribution in [3.05, 3.63) is 107 Å². The molecule has 0 saturated carbocycles. The smallest absolute Gasteiger partial charge is 0.308 e. The number of amides is 2. The summed E-state index contributed by atoms with van der Waals surface area (Å²) in [5.74, 6) is 5.40. The highest BCUT2D eigenvalue weighted by atomic mass is 16.5. The number of benzene rings is 3. The first kappa shape index (κ1) is 25.6. The van der Waals surface area contributed by atoms with Crippen molar-refractivity contribution in [3.63, 3.8) is 0 Å². The summed E-state index contributed by atoms with van der Waals surface area (Å²) in [5.41, 5.74) is 3.56. The quantitative estimate of drug-likeness (QED) is 0.140. The van der Waals surface area contributed by atoms with Crippen LogP contribution >= 0.6 is 0 Å². The van der Waals surface area contributed by atoms with Crippen molar-refractivity contribution in [3.8, 4) is 11.8 Å². The topological polar surface area (TPSA) is 76.0 Å². The normalized spacial score (nSPS) is 12.8. The number of hydrogen-bond donors (Lipinski definition) is 0. The third-order valence-electron chi connectivity index (χ3n) is 6.05. The molecule has 1 heterocycles. The average molecular weight is 493 g/mol. The van der Waals surface area contributed by atoms with Crippen molar-refractivity contribution in [1.82, 2.24) is 4.90 Å². The molecule has 3 aromatic rings. The van der Waals surface area contributed by atoms with Crippen LogP contribution in [0.4, 0.5) is 0 Å².